The van der Waals surface area contributed by atoms with Crippen LogP contribution in [0.3, 0.4) is 0 Å². The summed E-state index contributed by atoms with van der Waals surface area (Å²) in [7, 11) is 0. The second-order valence-corrected chi connectivity index (χ2v) is 4.56. The van der Waals surface area contributed by atoms with Gasteiger partial charge in [0.25, 0.3) is 0 Å². The van der Waals surface area contributed by atoms with Gasteiger partial charge in [-0.15, -0.1) is 0 Å². The SMILES string of the molecule is CC(C)(C)c1[nH]ncc1[C@H](O)CC(=O)O. The van der Waals surface area contributed by atoms with Crippen LogP contribution in [-0.2, 0) is 10.2 Å². The van der Waals surface area contributed by atoms with E-state index in [9.17, 15) is 9.90 Å². The number of nitrogens with one attached hydrogen (secondary N) is 1. The normalized spacial score (nSPS) is 13.9. The fourth-order valence-electron chi connectivity index (χ4n) is 1.42. The number of aliphatic hydroxyl groups is 1. The lowest BCUT2D eigenvalue weighted by Gasteiger charge is -2.20. The van der Waals surface area contributed by atoms with E-state index in [0.29, 0.717) is 5.56 Å². The molecule has 1 atom stereocenters. The Labute approximate surface area is 88.1 Å². The van der Waals surface area contributed by atoms with Crippen LogP contribution in [0.5, 0.6) is 0 Å². The third-order valence-electron chi connectivity index (χ3n) is 2.15. The van der Waals surface area contributed by atoms with Crippen molar-refractivity contribution in [3.05, 3.63) is 17.5 Å². The van der Waals surface area contributed by atoms with Gasteiger partial charge in [-0.25, -0.2) is 0 Å². The number of hydrogen-bond acceptors (Lipinski definition) is 3. The maximum absolute atomic E-state index is 10.5. The molecule has 0 bridgehead atoms. The summed E-state index contributed by atoms with van der Waals surface area (Å²) in [6.45, 7) is 5.91. The van der Waals surface area contributed by atoms with Crippen LogP contribution >= 0.6 is 0 Å². The van der Waals surface area contributed by atoms with Gasteiger partial charge in [0.1, 0.15) is 0 Å². The average molecular weight is 212 g/mol. The smallest absolute Gasteiger partial charge is 0.306 e. The van der Waals surface area contributed by atoms with Gasteiger partial charge in [-0.05, 0) is 0 Å². The Kier molecular flexibility index (Phi) is 3.14. The molecule has 0 aromatic carbocycles. The van der Waals surface area contributed by atoms with Gasteiger partial charge in [-0.2, -0.15) is 5.10 Å². The zero-order valence-electron chi connectivity index (χ0n) is 9.11. The number of H-pyrrole nitrogens is 1. The van der Waals surface area contributed by atoms with Crippen molar-refractivity contribution in [2.45, 2.75) is 38.7 Å². The minimum Gasteiger partial charge on any atom is -0.481 e. The van der Waals surface area contributed by atoms with E-state index in [1.54, 1.807) is 0 Å². The van der Waals surface area contributed by atoms with Crippen molar-refractivity contribution in [2.24, 2.45) is 0 Å². The van der Waals surface area contributed by atoms with E-state index < -0.39 is 12.1 Å². The molecule has 0 fully saturated rings. The quantitative estimate of drug-likeness (QED) is 0.703. The minimum atomic E-state index is -1.02. The molecule has 5 nitrogen and oxygen atoms in total. The van der Waals surface area contributed by atoms with E-state index in [0.717, 1.165) is 5.69 Å². The third-order valence-corrected chi connectivity index (χ3v) is 2.15. The van der Waals surface area contributed by atoms with Crippen LogP contribution in [0.4, 0.5) is 0 Å². The molecule has 3 N–H and O–H groups in total. The fraction of sp³-hybridized carbons (Fsp3) is 0.600. The van der Waals surface area contributed by atoms with Crippen molar-refractivity contribution in [1.29, 1.82) is 0 Å². The Morgan fingerprint density at radius 1 is 1.60 bits per heavy atom. The van der Waals surface area contributed by atoms with Crippen molar-refractivity contribution in [2.75, 3.05) is 0 Å². The van der Waals surface area contributed by atoms with Crippen molar-refractivity contribution in [3.63, 3.8) is 0 Å². The predicted molar refractivity (Wildman–Crippen MR) is 54.5 cm³/mol. The van der Waals surface area contributed by atoms with E-state index in [1.807, 2.05) is 20.8 Å². The molecule has 0 spiro atoms. The second-order valence-electron chi connectivity index (χ2n) is 4.56. The predicted octanol–water partition coefficient (Wildman–Crippen LogP) is 1.22. The van der Waals surface area contributed by atoms with E-state index in [2.05, 4.69) is 10.2 Å². The Morgan fingerprint density at radius 3 is 2.67 bits per heavy atom. The summed E-state index contributed by atoms with van der Waals surface area (Å²) >= 11 is 0. The molecule has 1 aromatic rings. The minimum absolute atomic E-state index is 0.189. The van der Waals surface area contributed by atoms with Crippen LogP contribution in [0.2, 0.25) is 0 Å². The molecule has 0 saturated heterocycles. The largest absolute Gasteiger partial charge is 0.481 e. The second kappa shape index (κ2) is 4.02. The molecule has 0 aliphatic heterocycles. The Hall–Kier alpha value is -1.36. The monoisotopic (exact) mass is 212 g/mol. The molecular formula is C10H16N2O3. The Bertz CT molecular complexity index is 352. The zero-order valence-corrected chi connectivity index (χ0v) is 9.11. The van der Waals surface area contributed by atoms with Crippen molar-refractivity contribution < 1.29 is 15.0 Å². The van der Waals surface area contributed by atoms with E-state index in [1.165, 1.54) is 6.20 Å². The van der Waals surface area contributed by atoms with E-state index in [-0.39, 0.29) is 11.8 Å². The first-order chi connectivity index (χ1) is 6.82. The van der Waals surface area contributed by atoms with Crippen molar-refractivity contribution >= 4 is 5.97 Å². The van der Waals surface area contributed by atoms with Crippen LogP contribution < -0.4 is 0 Å². The molecule has 15 heavy (non-hydrogen) atoms. The molecule has 0 amide bonds. The highest BCUT2D eigenvalue weighted by Gasteiger charge is 2.25. The highest BCUT2D eigenvalue weighted by Crippen LogP contribution is 2.28. The topological polar surface area (TPSA) is 86.2 Å². The molecule has 5 heteroatoms. The molecule has 1 heterocycles. The Balaban J connectivity index is 2.95. The maximum Gasteiger partial charge on any atom is 0.306 e. The van der Waals surface area contributed by atoms with Gasteiger partial charge in [0.05, 0.1) is 18.7 Å². The summed E-state index contributed by atoms with van der Waals surface area (Å²) in [5, 5.41) is 24.9. The number of carboxylic acid groups (broad SMARTS) is 1. The Morgan fingerprint density at radius 2 is 2.20 bits per heavy atom. The number of hydrogen-bond donors (Lipinski definition) is 3. The molecule has 0 unspecified atom stereocenters. The molecule has 1 rings (SSSR count). The van der Waals surface area contributed by atoms with Gasteiger partial charge in [0.2, 0.25) is 0 Å². The van der Waals surface area contributed by atoms with Crippen molar-refractivity contribution in [1.82, 2.24) is 10.2 Å². The van der Waals surface area contributed by atoms with Gasteiger partial charge < -0.3 is 10.2 Å². The molecule has 0 saturated carbocycles. The molecule has 1 aromatic heterocycles. The van der Waals surface area contributed by atoms with Crippen LogP contribution in [0.25, 0.3) is 0 Å². The van der Waals surface area contributed by atoms with Crippen LogP contribution in [0.1, 0.15) is 44.6 Å². The number of nitrogens with zero attached hydrogens (tertiary/aromatic N) is 1. The standard InChI is InChI=1S/C10H16N2O3/c1-10(2,3)9-6(5-11-12-9)7(13)4-8(14)15/h5,7,13H,4H2,1-3H3,(H,11,12)(H,14,15)/t7-/m1/s1. The number of carbonyl (C=O) groups is 1. The zero-order chi connectivity index (χ0) is 11.6. The van der Waals surface area contributed by atoms with Crippen molar-refractivity contribution in [3.8, 4) is 0 Å². The van der Waals surface area contributed by atoms with E-state index in [4.69, 9.17) is 5.11 Å². The summed E-state index contributed by atoms with van der Waals surface area (Å²) in [5.41, 5.74) is 1.15. The molecule has 0 aliphatic rings. The van der Waals surface area contributed by atoms with Crippen LogP contribution in [-0.4, -0.2) is 26.4 Å². The lowest BCUT2D eigenvalue weighted by atomic mass is 9.87. The lowest BCUT2D eigenvalue weighted by Crippen LogP contribution is -2.17. The highest BCUT2D eigenvalue weighted by molar-refractivity contribution is 5.67. The number of aliphatic hydroxyl groups excluding tert-OH is 1. The summed E-state index contributed by atoms with van der Waals surface area (Å²) in [4.78, 5) is 10.5. The average Bonchev–Trinajstić information content (AvgIpc) is 2.48. The molecule has 0 radical (unpaired) electrons. The fourth-order valence-corrected chi connectivity index (χ4v) is 1.42. The number of carboxylic acids is 1. The number of rotatable bonds is 3. The summed E-state index contributed by atoms with van der Waals surface area (Å²) in [6, 6.07) is 0. The summed E-state index contributed by atoms with van der Waals surface area (Å²) in [5.74, 6) is -1.02. The molecule has 0 aliphatic carbocycles. The van der Waals surface area contributed by atoms with Gasteiger partial charge >= 0.3 is 5.97 Å². The third kappa shape index (κ3) is 2.79. The first-order valence-corrected chi connectivity index (χ1v) is 4.76. The maximum atomic E-state index is 10.5. The number of aromatic nitrogens is 2. The van der Waals surface area contributed by atoms with Crippen LogP contribution in [0.15, 0.2) is 6.20 Å². The number of aliphatic carboxylic acids is 1. The van der Waals surface area contributed by atoms with Gasteiger partial charge in [-0.3, -0.25) is 9.89 Å². The van der Waals surface area contributed by atoms with E-state index >= 15 is 0 Å². The first-order valence-electron chi connectivity index (χ1n) is 4.76. The van der Waals surface area contributed by atoms with Gasteiger partial charge in [0, 0.05) is 16.7 Å². The lowest BCUT2D eigenvalue weighted by molar-refractivity contribution is -0.139. The summed E-state index contributed by atoms with van der Waals surface area (Å²) < 4.78 is 0. The number of aromatic amines is 1. The molecular weight excluding hydrogens is 196 g/mol. The first kappa shape index (κ1) is 11.7. The van der Waals surface area contributed by atoms with Gasteiger partial charge in [-0.1, -0.05) is 20.8 Å². The van der Waals surface area contributed by atoms with Crippen LogP contribution in [0, 0.1) is 0 Å². The molecule has 84 valence electrons. The summed E-state index contributed by atoms with van der Waals surface area (Å²) in [6.07, 6.45) is 0.173. The van der Waals surface area contributed by atoms with Gasteiger partial charge in [0.15, 0.2) is 0 Å². The highest BCUT2D eigenvalue weighted by atomic mass is 16.4.